The zero-order valence-electron chi connectivity index (χ0n) is 16.3. The number of carbonyl (C=O) groups excluding carboxylic acids is 1. The molecule has 1 unspecified atom stereocenters. The van der Waals surface area contributed by atoms with E-state index in [4.69, 9.17) is 9.47 Å². The molecule has 0 bridgehead atoms. The standard InChI is InChI=1S/C22H28N2O3/c1-16-8-9-19(12-17(16)2)24-11-10-18(14-24)13-23-22(25)15-27-21-7-5-4-6-20(21)26-3/h4-9,12,18H,10-11,13-15H2,1-3H3,(H,23,25). The van der Waals surface area contributed by atoms with Crippen molar-refractivity contribution in [3.63, 3.8) is 0 Å². The number of amides is 1. The van der Waals surface area contributed by atoms with E-state index in [9.17, 15) is 4.79 Å². The van der Waals surface area contributed by atoms with Gasteiger partial charge in [0.1, 0.15) is 0 Å². The Morgan fingerprint density at radius 1 is 1.15 bits per heavy atom. The van der Waals surface area contributed by atoms with Crippen molar-refractivity contribution in [3.8, 4) is 11.5 Å². The van der Waals surface area contributed by atoms with Gasteiger partial charge in [0.2, 0.25) is 0 Å². The van der Waals surface area contributed by atoms with Crippen LogP contribution in [0.3, 0.4) is 0 Å². The smallest absolute Gasteiger partial charge is 0.257 e. The molecule has 1 N–H and O–H groups in total. The minimum atomic E-state index is -0.106. The highest BCUT2D eigenvalue weighted by Gasteiger charge is 2.23. The van der Waals surface area contributed by atoms with Crippen LogP contribution in [0.2, 0.25) is 0 Å². The molecule has 1 atom stereocenters. The Labute approximate surface area is 161 Å². The molecule has 0 spiro atoms. The van der Waals surface area contributed by atoms with Gasteiger partial charge in [-0.15, -0.1) is 0 Å². The first-order valence-corrected chi connectivity index (χ1v) is 9.41. The van der Waals surface area contributed by atoms with E-state index in [1.165, 1.54) is 16.8 Å². The molecule has 0 aliphatic carbocycles. The predicted molar refractivity (Wildman–Crippen MR) is 108 cm³/mol. The van der Waals surface area contributed by atoms with Gasteiger partial charge in [0.05, 0.1) is 7.11 Å². The van der Waals surface area contributed by atoms with Gasteiger partial charge in [-0.2, -0.15) is 0 Å². The Morgan fingerprint density at radius 2 is 1.93 bits per heavy atom. The molecule has 144 valence electrons. The van der Waals surface area contributed by atoms with Crippen LogP contribution >= 0.6 is 0 Å². The quantitative estimate of drug-likeness (QED) is 0.814. The van der Waals surface area contributed by atoms with Crippen LogP contribution in [-0.2, 0) is 4.79 Å². The van der Waals surface area contributed by atoms with E-state index in [0.29, 0.717) is 24.0 Å². The summed E-state index contributed by atoms with van der Waals surface area (Å²) in [4.78, 5) is 14.5. The summed E-state index contributed by atoms with van der Waals surface area (Å²) < 4.78 is 10.8. The third-order valence-electron chi connectivity index (χ3n) is 5.16. The van der Waals surface area contributed by atoms with Gasteiger partial charge in [-0.25, -0.2) is 0 Å². The summed E-state index contributed by atoms with van der Waals surface area (Å²) in [7, 11) is 1.59. The normalized spacial score (nSPS) is 16.3. The molecule has 0 aromatic heterocycles. The summed E-state index contributed by atoms with van der Waals surface area (Å²) in [6, 6.07) is 13.9. The van der Waals surface area contributed by atoms with Gasteiger partial charge in [-0.3, -0.25) is 4.79 Å². The fraction of sp³-hybridized carbons (Fsp3) is 0.409. The lowest BCUT2D eigenvalue weighted by molar-refractivity contribution is -0.123. The number of rotatable bonds is 7. The van der Waals surface area contributed by atoms with Gasteiger partial charge in [0.15, 0.2) is 18.1 Å². The molecule has 1 amide bonds. The van der Waals surface area contributed by atoms with Crippen molar-refractivity contribution in [1.29, 1.82) is 0 Å². The van der Waals surface area contributed by atoms with E-state index in [1.54, 1.807) is 13.2 Å². The molecule has 2 aromatic carbocycles. The Bertz CT molecular complexity index is 791. The summed E-state index contributed by atoms with van der Waals surface area (Å²) in [5.41, 5.74) is 3.90. The SMILES string of the molecule is COc1ccccc1OCC(=O)NCC1CCN(c2ccc(C)c(C)c2)C1. The van der Waals surface area contributed by atoms with Crippen LogP contribution < -0.4 is 19.7 Å². The number of hydrogen-bond acceptors (Lipinski definition) is 4. The molecule has 0 saturated carbocycles. The molecule has 5 heteroatoms. The topological polar surface area (TPSA) is 50.8 Å². The van der Waals surface area contributed by atoms with Crippen molar-refractivity contribution in [2.24, 2.45) is 5.92 Å². The van der Waals surface area contributed by atoms with Crippen LogP contribution in [0.5, 0.6) is 11.5 Å². The number of aryl methyl sites for hydroxylation is 2. The van der Waals surface area contributed by atoms with Crippen LogP contribution in [0.1, 0.15) is 17.5 Å². The van der Waals surface area contributed by atoms with Crippen molar-refractivity contribution in [3.05, 3.63) is 53.6 Å². The highest BCUT2D eigenvalue weighted by Crippen LogP contribution is 2.26. The third-order valence-corrected chi connectivity index (χ3v) is 5.16. The molecule has 1 aliphatic heterocycles. The first kappa shape index (κ1) is 19.1. The molecule has 3 rings (SSSR count). The van der Waals surface area contributed by atoms with E-state index in [2.05, 4.69) is 42.3 Å². The summed E-state index contributed by atoms with van der Waals surface area (Å²) in [5, 5.41) is 2.99. The molecule has 1 fully saturated rings. The molecular weight excluding hydrogens is 340 g/mol. The second kappa shape index (κ2) is 8.80. The molecule has 0 radical (unpaired) electrons. The summed E-state index contributed by atoms with van der Waals surface area (Å²) in [6.45, 7) is 6.95. The van der Waals surface area contributed by atoms with E-state index in [1.807, 2.05) is 18.2 Å². The van der Waals surface area contributed by atoms with Crippen LogP contribution in [0, 0.1) is 19.8 Å². The van der Waals surface area contributed by atoms with Crippen LogP contribution in [0.25, 0.3) is 0 Å². The second-order valence-electron chi connectivity index (χ2n) is 7.11. The van der Waals surface area contributed by atoms with Crippen molar-refractivity contribution in [1.82, 2.24) is 5.32 Å². The van der Waals surface area contributed by atoms with E-state index >= 15 is 0 Å². The fourth-order valence-electron chi connectivity index (χ4n) is 3.35. The highest BCUT2D eigenvalue weighted by molar-refractivity contribution is 5.77. The lowest BCUT2D eigenvalue weighted by atomic mass is 10.1. The minimum Gasteiger partial charge on any atom is -0.493 e. The van der Waals surface area contributed by atoms with Gasteiger partial charge in [0.25, 0.3) is 5.91 Å². The third kappa shape index (κ3) is 4.94. The van der Waals surface area contributed by atoms with Crippen LogP contribution in [-0.4, -0.2) is 39.3 Å². The maximum Gasteiger partial charge on any atom is 0.257 e. The van der Waals surface area contributed by atoms with Gasteiger partial charge >= 0.3 is 0 Å². The number of carbonyl (C=O) groups is 1. The van der Waals surface area contributed by atoms with Gasteiger partial charge in [-0.1, -0.05) is 18.2 Å². The zero-order valence-corrected chi connectivity index (χ0v) is 16.3. The van der Waals surface area contributed by atoms with Gasteiger partial charge in [-0.05, 0) is 61.6 Å². The Morgan fingerprint density at radius 3 is 2.67 bits per heavy atom. The van der Waals surface area contributed by atoms with Gasteiger partial charge < -0.3 is 19.7 Å². The maximum atomic E-state index is 12.1. The number of benzene rings is 2. The number of nitrogens with one attached hydrogen (secondary N) is 1. The number of para-hydroxylation sites is 2. The Hall–Kier alpha value is -2.69. The Kier molecular flexibility index (Phi) is 6.22. The molecular formula is C22H28N2O3. The van der Waals surface area contributed by atoms with Crippen molar-refractivity contribution < 1.29 is 14.3 Å². The molecule has 1 heterocycles. The first-order chi connectivity index (χ1) is 13.1. The number of anilines is 1. The molecule has 1 saturated heterocycles. The van der Waals surface area contributed by atoms with Crippen LogP contribution in [0.4, 0.5) is 5.69 Å². The first-order valence-electron chi connectivity index (χ1n) is 9.41. The summed E-state index contributed by atoms with van der Waals surface area (Å²) in [5.74, 6) is 1.56. The molecule has 27 heavy (non-hydrogen) atoms. The minimum absolute atomic E-state index is 0.00599. The molecule has 1 aliphatic rings. The highest BCUT2D eigenvalue weighted by atomic mass is 16.5. The predicted octanol–water partition coefficient (Wildman–Crippen LogP) is 3.33. The Balaban J connectivity index is 1.44. The van der Waals surface area contributed by atoms with Gasteiger partial charge in [0, 0.05) is 25.3 Å². The molecule has 5 nitrogen and oxygen atoms in total. The largest absolute Gasteiger partial charge is 0.493 e. The summed E-state index contributed by atoms with van der Waals surface area (Å²) in [6.07, 6.45) is 1.08. The number of methoxy groups -OCH3 is 1. The average Bonchev–Trinajstić information content (AvgIpc) is 3.16. The van der Waals surface area contributed by atoms with Crippen LogP contribution in [0.15, 0.2) is 42.5 Å². The summed E-state index contributed by atoms with van der Waals surface area (Å²) >= 11 is 0. The van der Waals surface area contributed by atoms with Crippen molar-refractivity contribution in [2.45, 2.75) is 20.3 Å². The number of ether oxygens (including phenoxy) is 2. The van der Waals surface area contributed by atoms with Crippen molar-refractivity contribution >= 4 is 11.6 Å². The molecule has 2 aromatic rings. The van der Waals surface area contributed by atoms with E-state index < -0.39 is 0 Å². The zero-order chi connectivity index (χ0) is 19.2. The van der Waals surface area contributed by atoms with E-state index in [-0.39, 0.29) is 12.5 Å². The number of nitrogens with zero attached hydrogens (tertiary/aromatic N) is 1. The van der Waals surface area contributed by atoms with Crippen molar-refractivity contribution in [2.75, 3.05) is 38.3 Å². The van der Waals surface area contributed by atoms with E-state index in [0.717, 1.165) is 19.5 Å². The lowest BCUT2D eigenvalue weighted by Gasteiger charge is -2.20. The maximum absolute atomic E-state index is 12.1. The second-order valence-corrected chi connectivity index (χ2v) is 7.11. The average molecular weight is 368 g/mol. The monoisotopic (exact) mass is 368 g/mol. The fourth-order valence-corrected chi connectivity index (χ4v) is 3.35. The lowest BCUT2D eigenvalue weighted by Crippen LogP contribution is -2.34. The number of hydrogen-bond donors (Lipinski definition) is 1.